The average Bonchev–Trinajstić information content (AvgIpc) is 2.12. The van der Waals surface area contributed by atoms with E-state index in [4.69, 9.17) is 5.11 Å². The lowest BCUT2D eigenvalue weighted by Crippen LogP contribution is -2.33. The average molecular weight is 276 g/mol. The SMILES string of the molecule is CC(NCc1cc(F)cc(Br)c1)C(=O)O. The van der Waals surface area contributed by atoms with Crippen molar-refractivity contribution in [1.29, 1.82) is 0 Å². The maximum Gasteiger partial charge on any atom is 0.320 e. The Hall–Kier alpha value is -0.940. The first-order valence-electron chi connectivity index (χ1n) is 4.40. The Kier molecular flexibility index (Phi) is 4.23. The Morgan fingerprint density at radius 1 is 1.60 bits per heavy atom. The van der Waals surface area contributed by atoms with Gasteiger partial charge in [-0.25, -0.2) is 4.39 Å². The van der Waals surface area contributed by atoms with Crippen LogP contribution in [0.2, 0.25) is 0 Å². The van der Waals surface area contributed by atoms with Crippen LogP contribution in [-0.2, 0) is 11.3 Å². The summed E-state index contributed by atoms with van der Waals surface area (Å²) in [6, 6.07) is 3.81. The summed E-state index contributed by atoms with van der Waals surface area (Å²) in [6.45, 7) is 1.86. The first-order chi connectivity index (χ1) is 6.99. The molecule has 1 aromatic carbocycles. The zero-order valence-corrected chi connectivity index (χ0v) is 9.71. The predicted octanol–water partition coefficient (Wildman–Crippen LogP) is 2.15. The number of halogens is 2. The lowest BCUT2D eigenvalue weighted by molar-refractivity contribution is -0.139. The van der Waals surface area contributed by atoms with E-state index >= 15 is 0 Å². The molecule has 0 saturated carbocycles. The van der Waals surface area contributed by atoms with Crippen molar-refractivity contribution in [2.75, 3.05) is 0 Å². The van der Waals surface area contributed by atoms with Gasteiger partial charge in [0.25, 0.3) is 0 Å². The molecule has 2 N–H and O–H groups in total. The highest BCUT2D eigenvalue weighted by molar-refractivity contribution is 9.10. The van der Waals surface area contributed by atoms with E-state index in [2.05, 4.69) is 21.2 Å². The van der Waals surface area contributed by atoms with E-state index in [0.717, 1.165) is 0 Å². The first-order valence-corrected chi connectivity index (χ1v) is 5.19. The van der Waals surface area contributed by atoms with Crippen LogP contribution in [0.15, 0.2) is 22.7 Å². The molecule has 0 spiro atoms. The van der Waals surface area contributed by atoms with Crippen LogP contribution in [0.25, 0.3) is 0 Å². The maximum absolute atomic E-state index is 12.9. The first kappa shape index (κ1) is 12.1. The predicted molar refractivity (Wildman–Crippen MR) is 58.0 cm³/mol. The second-order valence-corrected chi connectivity index (χ2v) is 4.13. The second-order valence-electron chi connectivity index (χ2n) is 3.22. The Labute approximate surface area is 95.4 Å². The normalized spacial score (nSPS) is 12.5. The molecule has 0 aliphatic rings. The molecular formula is C10H11BrFNO2. The largest absolute Gasteiger partial charge is 0.480 e. The minimum absolute atomic E-state index is 0.323. The summed E-state index contributed by atoms with van der Waals surface area (Å²) >= 11 is 3.16. The van der Waals surface area contributed by atoms with Gasteiger partial charge in [-0.3, -0.25) is 4.79 Å². The van der Waals surface area contributed by atoms with Crippen LogP contribution in [-0.4, -0.2) is 17.1 Å². The molecule has 1 aromatic rings. The van der Waals surface area contributed by atoms with Crippen LogP contribution in [0.1, 0.15) is 12.5 Å². The second kappa shape index (κ2) is 5.23. The van der Waals surface area contributed by atoms with Gasteiger partial charge in [0.2, 0.25) is 0 Å². The van der Waals surface area contributed by atoms with Crippen molar-refractivity contribution in [3.63, 3.8) is 0 Å². The molecule has 3 nitrogen and oxygen atoms in total. The quantitative estimate of drug-likeness (QED) is 0.885. The molecule has 5 heteroatoms. The molecule has 0 heterocycles. The van der Waals surface area contributed by atoms with Crippen LogP contribution >= 0.6 is 15.9 Å². The number of carboxylic acid groups (broad SMARTS) is 1. The van der Waals surface area contributed by atoms with Crippen molar-refractivity contribution in [3.8, 4) is 0 Å². The summed E-state index contributed by atoms with van der Waals surface area (Å²) in [6.07, 6.45) is 0. The van der Waals surface area contributed by atoms with E-state index < -0.39 is 12.0 Å². The molecule has 0 bridgehead atoms. The van der Waals surface area contributed by atoms with Gasteiger partial charge in [-0.15, -0.1) is 0 Å². The number of hydrogen-bond donors (Lipinski definition) is 2. The number of aliphatic carboxylic acids is 1. The van der Waals surface area contributed by atoms with Gasteiger partial charge in [0.1, 0.15) is 11.9 Å². The Bertz CT molecular complexity index is 350. The van der Waals surface area contributed by atoms with Gasteiger partial charge < -0.3 is 10.4 Å². The molecule has 0 fully saturated rings. The van der Waals surface area contributed by atoms with E-state index in [1.54, 1.807) is 6.07 Å². The van der Waals surface area contributed by atoms with Crippen LogP contribution in [0, 0.1) is 5.82 Å². The van der Waals surface area contributed by atoms with E-state index in [1.165, 1.54) is 19.1 Å². The number of rotatable bonds is 4. The molecule has 1 atom stereocenters. The van der Waals surface area contributed by atoms with Gasteiger partial charge in [-0.2, -0.15) is 0 Å². The third-order valence-corrected chi connectivity index (χ3v) is 2.36. The zero-order chi connectivity index (χ0) is 11.4. The molecule has 1 unspecified atom stereocenters. The van der Waals surface area contributed by atoms with E-state index in [9.17, 15) is 9.18 Å². The number of benzene rings is 1. The number of hydrogen-bond acceptors (Lipinski definition) is 2. The highest BCUT2D eigenvalue weighted by Crippen LogP contribution is 2.14. The molecule has 15 heavy (non-hydrogen) atoms. The lowest BCUT2D eigenvalue weighted by atomic mass is 10.2. The van der Waals surface area contributed by atoms with Crippen LogP contribution < -0.4 is 5.32 Å². The standard InChI is InChI=1S/C10H11BrFNO2/c1-6(10(14)15)13-5-7-2-8(11)4-9(12)3-7/h2-4,6,13H,5H2,1H3,(H,14,15). The van der Waals surface area contributed by atoms with Gasteiger partial charge >= 0.3 is 5.97 Å². The number of carboxylic acids is 1. The Morgan fingerprint density at radius 2 is 2.27 bits per heavy atom. The fourth-order valence-corrected chi connectivity index (χ4v) is 1.58. The van der Waals surface area contributed by atoms with Crippen molar-refractivity contribution in [2.45, 2.75) is 19.5 Å². The Balaban J connectivity index is 2.61. The minimum Gasteiger partial charge on any atom is -0.480 e. The highest BCUT2D eigenvalue weighted by Gasteiger charge is 2.09. The summed E-state index contributed by atoms with van der Waals surface area (Å²) in [7, 11) is 0. The topological polar surface area (TPSA) is 49.3 Å². The third-order valence-electron chi connectivity index (χ3n) is 1.91. The zero-order valence-electron chi connectivity index (χ0n) is 8.13. The summed E-state index contributed by atoms with van der Waals surface area (Å²) in [5.41, 5.74) is 0.704. The minimum atomic E-state index is -0.925. The molecule has 0 saturated heterocycles. The lowest BCUT2D eigenvalue weighted by Gasteiger charge is -2.09. The third kappa shape index (κ3) is 3.97. The molecule has 0 aliphatic heterocycles. The maximum atomic E-state index is 12.9. The van der Waals surface area contributed by atoms with Crippen LogP contribution in [0.5, 0.6) is 0 Å². The van der Waals surface area contributed by atoms with Crippen LogP contribution in [0.4, 0.5) is 4.39 Å². The smallest absolute Gasteiger partial charge is 0.320 e. The van der Waals surface area contributed by atoms with Crippen molar-refractivity contribution in [2.24, 2.45) is 0 Å². The van der Waals surface area contributed by atoms with E-state index in [-0.39, 0.29) is 5.82 Å². The van der Waals surface area contributed by atoms with Crippen molar-refractivity contribution < 1.29 is 14.3 Å². The highest BCUT2D eigenvalue weighted by atomic mass is 79.9. The van der Waals surface area contributed by atoms with Crippen molar-refractivity contribution >= 4 is 21.9 Å². The molecule has 0 amide bonds. The number of nitrogens with one attached hydrogen (secondary N) is 1. The van der Waals surface area contributed by atoms with Gasteiger partial charge in [0.05, 0.1) is 0 Å². The fraction of sp³-hybridized carbons (Fsp3) is 0.300. The van der Waals surface area contributed by atoms with Gasteiger partial charge in [-0.1, -0.05) is 15.9 Å². The monoisotopic (exact) mass is 275 g/mol. The summed E-state index contributed by atoms with van der Waals surface area (Å²) in [5, 5.41) is 11.4. The molecule has 0 aliphatic carbocycles. The summed E-state index contributed by atoms with van der Waals surface area (Å²) < 4.78 is 13.6. The van der Waals surface area contributed by atoms with E-state index in [0.29, 0.717) is 16.6 Å². The molecule has 1 rings (SSSR count). The molecule has 0 aromatic heterocycles. The van der Waals surface area contributed by atoms with Gasteiger partial charge in [0, 0.05) is 11.0 Å². The van der Waals surface area contributed by atoms with Crippen molar-refractivity contribution in [1.82, 2.24) is 5.32 Å². The summed E-state index contributed by atoms with van der Waals surface area (Å²) in [5.74, 6) is -1.27. The molecule has 0 radical (unpaired) electrons. The summed E-state index contributed by atoms with van der Waals surface area (Å²) in [4.78, 5) is 10.5. The molecule has 82 valence electrons. The van der Waals surface area contributed by atoms with E-state index in [1.807, 2.05) is 0 Å². The van der Waals surface area contributed by atoms with Gasteiger partial charge in [-0.05, 0) is 30.7 Å². The number of carbonyl (C=O) groups is 1. The molecular weight excluding hydrogens is 265 g/mol. The fourth-order valence-electron chi connectivity index (χ4n) is 1.07. The van der Waals surface area contributed by atoms with Gasteiger partial charge in [0.15, 0.2) is 0 Å². The van der Waals surface area contributed by atoms with Crippen molar-refractivity contribution in [3.05, 3.63) is 34.1 Å². The van der Waals surface area contributed by atoms with Crippen LogP contribution in [0.3, 0.4) is 0 Å². The Morgan fingerprint density at radius 3 is 2.80 bits per heavy atom.